The SMILES string of the molecule is Cc1nc2c(-c3ccccc3)c(C)[nH]n2c(=O)c1C(=O)Nc1cnccc1S(C)(=O)=O. The van der Waals surface area contributed by atoms with Crippen LogP contribution >= 0.6 is 0 Å². The number of amides is 1. The highest BCUT2D eigenvalue weighted by molar-refractivity contribution is 7.90. The molecule has 4 aromatic rings. The Bertz CT molecular complexity index is 1490. The molecule has 10 heteroatoms. The second-order valence-corrected chi connectivity index (χ2v) is 9.10. The number of aryl methyl sites for hydroxylation is 2. The lowest BCUT2D eigenvalue weighted by atomic mass is 10.1. The van der Waals surface area contributed by atoms with Crippen LogP contribution in [0.5, 0.6) is 0 Å². The topological polar surface area (TPSA) is 126 Å². The quantitative estimate of drug-likeness (QED) is 0.505. The molecule has 3 heterocycles. The minimum absolute atomic E-state index is 0.00784. The Labute approximate surface area is 177 Å². The summed E-state index contributed by atoms with van der Waals surface area (Å²) in [4.78, 5) is 34.4. The number of carbonyl (C=O) groups excluding carboxylic acids is 1. The van der Waals surface area contributed by atoms with Crippen LogP contribution in [0.2, 0.25) is 0 Å². The number of nitrogens with one attached hydrogen (secondary N) is 2. The maximum absolute atomic E-state index is 13.2. The third-order valence-electron chi connectivity index (χ3n) is 4.86. The van der Waals surface area contributed by atoms with Gasteiger partial charge >= 0.3 is 0 Å². The largest absolute Gasteiger partial charge is 0.319 e. The van der Waals surface area contributed by atoms with Gasteiger partial charge in [-0.2, -0.15) is 0 Å². The molecule has 0 fully saturated rings. The highest BCUT2D eigenvalue weighted by Gasteiger charge is 2.23. The number of hydrogen-bond acceptors (Lipinski definition) is 6. The standard InChI is InChI=1S/C21H19N5O4S/c1-12-18(20(27)24-15-11-22-10-9-16(15)31(3,29)30)21(28)26-19(23-12)17(13(2)25-26)14-7-5-4-6-8-14/h4-11,25H,1-3H3,(H,24,27). The Morgan fingerprint density at radius 2 is 1.84 bits per heavy atom. The van der Waals surface area contributed by atoms with Gasteiger partial charge in [0.15, 0.2) is 15.5 Å². The smallest absolute Gasteiger partial charge is 0.285 e. The van der Waals surface area contributed by atoms with E-state index in [0.717, 1.165) is 23.1 Å². The highest BCUT2D eigenvalue weighted by Crippen LogP contribution is 2.27. The first kappa shape index (κ1) is 20.5. The zero-order valence-electron chi connectivity index (χ0n) is 17.0. The minimum Gasteiger partial charge on any atom is -0.319 e. The number of benzene rings is 1. The second kappa shape index (κ2) is 7.47. The maximum atomic E-state index is 13.2. The van der Waals surface area contributed by atoms with E-state index >= 15 is 0 Å². The van der Waals surface area contributed by atoms with Crippen molar-refractivity contribution in [3.63, 3.8) is 0 Å². The zero-order chi connectivity index (χ0) is 22.3. The molecule has 0 radical (unpaired) electrons. The molecule has 31 heavy (non-hydrogen) atoms. The summed E-state index contributed by atoms with van der Waals surface area (Å²) in [7, 11) is -3.61. The first-order valence-electron chi connectivity index (χ1n) is 9.31. The summed E-state index contributed by atoms with van der Waals surface area (Å²) in [5.74, 6) is -0.768. The minimum atomic E-state index is -3.61. The number of rotatable bonds is 4. The molecule has 1 amide bonds. The van der Waals surface area contributed by atoms with Gasteiger partial charge < -0.3 is 5.32 Å². The fraction of sp³-hybridized carbons (Fsp3) is 0.143. The van der Waals surface area contributed by atoms with E-state index in [9.17, 15) is 18.0 Å². The molecule has 0 atom stereocenters. The van der Waals surface area contributed by atoms with Gasteiger partial charge in [0.1, 0.15) is 5.56 Å². The van der Waals surface area contributed by atoms with Crippen molar-refractivity contribution in [3.05, 3.63) is 76.1 Å². The molecule has 0 aliphatic rings. The second-order valence-electron chi connectivity index (χ2n) is 7.11. The van der Waals surface area contributed by atoms with Gasteiger partial charge in [-0.05, 0) is 25.5 Å². The molecular formula is C21H19N5O4S. The average Bonchev–Trinajstić information content (AvgIpc) is 3.04. The number of anilines is 1. The van der Waals surface area contributed by atoms with Gasteiger partial charge in [-0.3, -0.25) is 19.7 Å². The molecule has 2 N–H and O–H groups in total. The Morgan fingerprint density at radius 1 is 1.13 bits per heavy atom. The molecule has 0 aliphatic carbocycles. The summed E-state index contributed by atoms with van der Waals surface area (Å²) >= 11 is 0. The fourth-order valence-electron chi connectivity index (χ4n) is 3.49. The third-order valence-corrected chi connectivity index (χ3v) is 6.02. The number of hydrogen-bond donors (Lipinski definition) is 2. The number of pyridine rings is 1. The van der Waals surface area contributed by atoms with Gasteiger partial charge in [-0.15, -0.1) is 0 Å². The van der Waals surface area contributed by atoms with Crippen LogP contribution in [0.1, 0.15) is 21.7 Å². The van der Waals surface area contributed by atoms with Crippen molar-refractivity contribution in [2.75, 3.05) is 11.6 Å². The van der Waals surface area contributed by atoms with Crippen LogP contribution in [-0.2, 0) is 9.84 Å². The van der Waals surface area contributed by atoms with Crippen LogP contribution in [0.15, 0.2) is 58.5 Å². The number of H-pyrrole nitrogens is 1. The number of nitrogens with zero attached hydrogens (tertiary/aromatic N) is 3. The van der Waals surface area contributed by atoms with E-state index in [2.05, 4.69) is 20.4 Å². The summed E-state index contributed by atoms with van der Waals surface area (Å²) < 4.78 is 25.2. The van der Waals surface area contributed by atoms with Crippen molar-refractivity contribution in [1.82, 2.24) is 19.6 Å². The molecule has 3 aromatic heterocycles. The van der Waals surface area contributed by atoms with Crippen molar-refractivity contribution in [2.45, 2.75) is 18.7 Å². The molecule has 0 bridgehead atoms. The third kappa shape index (κ3) is 3.61. The fourth-order valence-corrected chi connectivity index (χ4v) is 4.30. The first-order valence-corrected chi connectivity index (χ1v) is 11.2. The molecule has 0 unspecified atom stereocenters. The van der Waals surface area contributed by atoms with Crippen LogP contribution in [-0.4, -0.2) is 40.2 Å². The Kier molecular flexibility index (Phi) is 4.94. The van der Waals surface area contributed by atoms with Gasteiger partial charge in [0.2, 0.25) is 0 Å². The Balaban J connectivity index is 1.84. The van der Waals surface area contributed by atoms with E-state index in [-0.39, 0.29) is 21.8 Å². The normalized spacial score (nSPS) is 11.6. The van der Waals surface area contributed by atoms with Gasteiger partial charge in [0.05, 0.1) is 22.5 Å². The predicted octanol–water partition coefficient (Wildman–Crippen LogP) is 2.36. The van der Waals surface area contributed by atoms with Gasteiger partial charge in [-0.25, -0.2) is 17.9 Å². The van der Waals surface area contributed by atoms with E-state index < -0.39 is 21.3 Å². The molecule has 0 saturated carbocycles. The molecular weight excluding hydrogens is 418 g/mol. The van der Waals surface area contributed by atoms with Crippen LogP contribution in [0.3, 0.4) is 0 Å². The van der Waals surface area contributed by atoms with Crippen molar-refractivity contribution >= 4 is 27.1 Å². The van der Waals surface area contributed by atoms with Gasteiger partial charge in [0.25, 0.3) is 11.5 Å². The van der Waals surface area contributed by atoms with E-state index in [1.165, 1.54) is 23.0 Å². The molecule has 0 aliphatic heterocycles. The van der Waals surface area contributed by atoms with E-state index in [0.29, 0.717) is 5.65 Å². The molecule has 0 saturated heterocycles. The highest BCUT2D eigenvalue weighted by atomic mass is 32.2. The molecule has 1 aromatic carbocycles. The number of sulfone groups is 1. The number of aromatic amines is 1. The van der Waals surface area contributed by atoms with E-state index in [4.69, 9.17) is 0 Å². The summed E-state index contributed by atoms with van der Waals surface area (Å²) in [6.07, 6.45) is 3.56. The number of fused-ring (bicyclic) bond motifs is 1. The van der Waals surface area contributed by atoms with Crippen molar-refractivity contribution < 1.29 is 13.2 Å². The lowest BCUT2D eigenvalue weighted by Crippen LogP contribution is -2.29. The summed E-state index contributed by atoms with van der Waals surface area (Å²) in [5, 5.41) is 5.45. The summed E-state index contributed by atoms with van der Waals surface area (Å²) in [6.45, 7) is 3.38. The van der Waals surface area contributed by atoms with Crippen LogP contribution < -0.4 is 10.9 Å². The van der Waals surface area contributed by atoms with Crippen LogP contribution in [0, 0.1) is 13.8 Å². The van der Waals surface area contributed by atoms with Gasteiger partial charge in [0, 0.05) is 23.7 Å². The average molecular weight is 437 g/mol. The maximum Gasteiger partial charge on any atom is 0.285 e. The lowest BCUT2D eigenvalue weighted by molar-refractivity contribution is 0.102. The van der Waals surface area contributed by atoms with E-state index in [1.807, 2.05) is 37.3 Å². The zero-order valence-corrected chi connectivity index (χ0v) is 17.8. The molecule has 158 valence electrons. The molecule has 4 rings (SSSR count). The van der Waals surface area contributed by atoms with Crippen molar-refractivity contribution in [2.24, 2.45) is 0 Å². The van der Waals surface area contributed by atoms with Crippen LogP contribution in [0.4, 0.5) is 5.69 Å². The monoisotopic (exact) mass is 437 g/mol. The Morgan fingerprint density at radius 3 is 2.52 bits per heavy atom. The molecule has 0 spiro atoms. The number of aromatic nitrogens is 4. The van der Waals surface area contributed by atoms with Crippen molar-refractivity contribution in [3.8, 4) is 11.1 Å². The predicted molar refractivity (Wildman–Crippen MR) is 116 cm³/mol. The van der Waals surface area contributed by atoms with E-state index in [1.54, 1.807) is 6.92 Å². The first-order chi connectivity index (χ1) is 14.7. The van der Waals surface area contributed by atoms with Crippen molar-refractivity contribution in [1.29, 1.82) is 0 Å². The van der Waals surface area contributed by atoms with Gasteiger partial charge in [-0.1, -0.05) is 30.3 Å². The van der Waals surface area contributed by atoms with Crippen LogP contribution in [0.25, 0.3) is 16.8 Å². The lowest BCUT2D eigenvalue weighted by Gasteiger charge is -2.10. The summed E-state index contributed by atoms with van der Waals surface area (Å²) in [5.41, 5.74) is 2.21. The molecule has 9 nitrogen and oxygen atoms in total. The Hall–Kier alpha value is -3.79. The number of carbonyl (C=O) groups is 1. The summed E-state index contributed by atoms with van der Waals surface area (Å²) in [6, 6.07) is 10.8.